The molecule has 0 N–H and O–H groups in total. The van der Waals surface area contributed by atoms with Crippen LogP contribution in [0, 0.1) is 31.1 Å². The van der Waals surface area contributed by atoms with Gasteiger partial charge in [0.05, 0.1) is 34.3 Å². The van der Waals surface area contributed by atoms with E-state index in [9.17, 15) is 10.1 Å². The molecule has 2 atom stereocenters. The number of piperidine rings is 1. The van der Waals surface area contributed by atoms with Crippen LogP contribution in [0.2, 0.25) is 5.02 Å². The number of carbonyl (C=O) groups is 1. The van der Waals surface area contributed by atoms with Gasteiger partial charge in [-0.1, -0.05) is 23.2 Å². The number of carbonyl (C=O) groups excluding carboxylic acids is 1. The molecule has 8 heteroatoms. The van der Waals surface area contributed by atoms with Gasteiger partial charge in [0.1, 0.15) is 5.82 Å². The molecule has 4 heterocycles. The van der Waals surface area contributed by atoms with Crippen LogP contribution in [0.1, 0.15) is 58.9 Å². The Morgan fingerprint density at radius 1 is 1.18 bits per heavy atom. The predicted molar refractivity (Wildman–Crippen MR) is 127 cm³/mol. The van der Waals surface area contributed by atoms with Crippen molar-refractivity contribution in [1.29, 1.82) is 5.26 Å². The number of halogens is 1. The summed E-state index contributed by atoms with van der Waals surface area (Å²) in [4.78, 5) is 22.5. The number of hydrogen-bond donors (Lipinski definition) is 0. The first-order valence-electron chi connectivity index (χ1n) is 11.5. The molecule has 2 aliphatic rings. The van der Waals surface area contributed by atoms with Crippen LogP contribution in [0.4, 0.5) is 5.82 Å². The monoisotopic (exact) mass is 462 g/mol. The van der Waals surface area contributed by atoms with Gasteiger partial charge in [0.15, 0.2) is 5.65 Å². The quantitative estimate of drug-likeness (QED) is 0.563. The third-order valence-electron chi connectivity index (χ3n) is 6.75. The Hall–Kier alpha value is -3.11. The highest BCUT2D eigenvalue weighted by molar-refractivity contribution is 6.33. The minimum Gasteiger partial charge on any atom is -0.355 e. The van der Waals surface area contributed by atoms with E-state index in [1.54, 1.807) is 6.07 Å². The Morgan fingerprint density at radius 3 is 2.82 bits per heavy atom. The molecule has 2 fully saturated rings. The number of fused-ring (bicyclic) bond motifs is 1. The SMILES string of the molecule is Cc1ccc(Cl)c(C(=O)N2CCCC[C@H]2c2cc3nc(N4CC[C@H](C#N)C4)c(C)cn3n2)c1. The van der Waals surface area contributed by atoms with E-state index in [0.29, 0.717) is 23.7 Å². The molecule has 2 aliphatic heterocycles. The summed E-state index contributed by atoms with van der Waals surface area (Å²) >= 11 is 6.38. The summed E-state index contributed by atoms with van der Waals surface area (Å²) in [5.74, 6) is 0.919. The molecule has 7 nitrogen and oxygen atoms in total. The average Bonchev–Trinajstić information content (AvgIpc) is 3.46. The largest absolute Gasteiger partial charge is 0.355 e. The van der Waals surface area contributed by atoms with E-state index >= 15 is 0 Å². The fraction of sp³-hybridized carbons (Fsp3) is 0.440. The molecular weight excluding hydrogens is 436 g/mol. The third-order valence-corrected chi connectivity index (χ3v) is 7.08. The van der Waals surface area contributed by atoms with Crippen molar-refractivity contribution < 1.29 is 4.79 Å². The minimum atomic E-state index is -0.108. The molecule has 5 rings (SSSR count). The molecule has 170 valence electrons. The lowest BCUT2D eigenvalue weighted by molar-refractivity contribution is 0.0606. The van der Waals surface area contributed by atoms with E-state index in [2.05, 4.69) is 11.0 Å². The van der Waals surface area contributed by atoms with Crippen LogP contribution in [-0.2, 0) is 0 Å². The van der Waals surface area contributed by atoms with Crippen molar-refractivity contribution >= 4 is 29.0 Å². The van der Waals surface area contributed by atoms with Crippen molar-refractivity contribution in [3.05, 3.63) is 57.9 Å². The minimum absolute atomic E-state index is 0.0464. The summed E-state index contributed by atoms with van der Waals surface area (Å²) in [5.41, 5.74) is 4.20. The zero-order chi connectivity index (χ0) is 23.1. The number of hydrogen-bond acceptors (Lipinski definition) is 5. The summed E-state index contributed by atoms with van der Waals surface area (Å²) < 4.78 is 1.81. The van der Waals surface area contributed by atoms with Crippen molar-refractivity contribution in [3.8, 4) is 6.07 Å². The third kappa shape index (κ3) is 4.04. The Kier molecular flexibility index (Phi) is 5.71. The van der Waals surface area contributed by atoms with E-state index < -0.39 is 0 Å². The fourth-order valence-corrected chi connectivity index (χ4v) is 5.20. The van der Waals surface area contributed by atoms with Gasteiger partial charge in [-0.3, -0.25) is 4.79 Å². The average molecular weight is 463 g/mol. The lowest BCUT2D eigenvalue weighted by Crippen LogP contribution is -2.38. The number of likely N-dealkylation sites (tertiary alicyclic amines) is 1. The maximum absolute atomic E-state index is 13.5. The van der Waals surface area contributed by atoms with Crippen molar-refractivity contribution in [1.82, 2.24) is 19.5 Å². The first kappa shape index (κ1) is 21.7. The van der Waals surface area contributed by atoms with Gasteiger partial charge < -0.3 is 9.80 Å². The standard InChI is InChI=1S/C25H27ClN6O/c1-16-6-7-20(26)19(11-16)25(33)31-9-4-3-5-22(31)21-12-23-28-24(17(2)14-32(23)29-21)30-10-8-18(13-27)15-30/h6-7,11-12,14,18,22H,3-5,8-10,15H2,1-2H3/t18-,22+/m1/s1. The molecule has 1 aromatic carbocycles. The number of anilines is 1. The Labute approximate surface area is 198 Å². The molecule has 0 radical (unpaired) electrons. The summed E-state index contributed by atoms with van der Waals surface area (Å²) in [5, 5.41) is 14.6. The van der Waals surface area contributed by atoms with Crippen molar-refractivity contribution in [3.63, 3.8) is 0 Å². The van der Waals surface area contributed by atoms with Crippen LogP contribution in [0.15, 0.2) is 30.5 Å². The van der Waals surface area contributed by atoms with Crippen LogP contribution in [0.3, 0.4) is 0 Å². The molecule has 33 heavy (non-hydrogen) atoms. The Bertz CT molecular complexity index is 1260. The molecule has 0 unspecified atom stereocenters. The first-order valence-corrected chi connectivity index (χ1v) is 11.9. The van der Waals surface area contributed by atoms with Crippen LogP contribution >= 0.6 is 11.6 Å². The number of nitrogens with zero attached hydrogens (tertiary/aromatic N) is 6. The molecule has 2 aromatic heterocycles. The highest BCUT2D eigenvalue weighted by Crippen LogP contribution is 2.34. The second kappa shape index (κ2) is 8.68. The van der Waals surface area contributed by atoms with Gasteiger partial charge in [0, 0.05) is 37.5 Å². The van der Waals surface area contributed by atoms with Crippen LogP contribution in [0.5, 0.6) is 0 Å². The molecule has 2 saturated heterocycles. The van der Waals surface area contributed by atoms with Crippen molar-refractivity contribution in [2.75, 3.05) is 24.5 Å². The normalized spacial score (nSPS) is 20.9. The maximum atomic E-state index is 13.5. The van der Waals surface area contributed by atoms with Gasteiger partial charge in [0.25, 0.3) is 5.91 Å². The number of nitriles is 1. The molecule has 0 bridgehead atoms. The molecular formula is C25H27ClN6O. The first-order chi connectivity index (χ1) is 15.9. The number of aryl methyl sites for hydroxylation is 2. The lowest BCUT2D eigenvalue weighted by atomic mass is 9.98. The van der Waals surface area contributed by atoms with E-state index in [0.717, 1.165) is 60.5 Å². The highest BCUT2D eigenvalue weighted by Gasteiger charge is 2.32. The Balaban J connectivity index is 1.47. The molecule has 0 saturated carbocycles. The van der Waals surface area contributed by atoms with E-state index in [-0.39, 0.29) is 17.9 Å². The van der Waals surface area contributed by atoms with Gasteiger partial charge in [0.2, 0.25) is 0 Å². The second-order valence-corrected chi connectivity index (χ2v) is 9.58. The fourth-order valence-electron chi connectivity index (χ4n) is 5.00. The van der Waals surface area contributed by atoms with E-state index in [4.69, 9.17) is 21.7 Å². The molecule has 0 spiro atoms. The number of rotatable bonds is 3. The van der Waals surface area contributed by atoms with Crippen LogP contribution < -0.4 is 4.90 Å². The van der Waals surface area contributed by atoms with E-state index in [1.807, 2.05) is 47.7 Å². The lowest BCUT2D eigenvalue weighted by Gasteiger charge is -2.35. The molecule has 1 amide bonds. The summed E-state index contributed by atoms with van der Waals surface area (Å²) in [6.45, 7) is 6.23. The highest BCUT2D eigenvalue weighted by atomic mass is 35.5. The zero-order valence-electron chi connectivity index (χ0n) is 19.0. The Morgan fingerprint density at radius 2 is 2.03 bits per heavy atom. The summed E-state index contributed by atoms with van der Waals surface area (Å²) in [6, 6.07) is 9.82. The topological polar surface area (TPSA) is 77.5 Å². The van der Waals surface area contributed by atoms with Crippen molar-refractivity contribution in [2.24, 2.45) is 5.92 Å². The van der Waals surface area contributed by atoms with Gasteiger partial charge in [-0.15, -0.1) is 0 Å². The zero-order valence-corrected chi connectivity index (χ0v) is 19.7. The maximum Gasteiger partial charge on any atom is 0.255 e. The molecule has 3 aromatic rings. The molecule has 0 aliphatic carbocycles. The van der Waals surface area contributed by atoms with Gasteiger partial charge >= 0.3 is 0 Å². The van der Waals surface area contributed by atoms with Crippen molar-refractivity contribution in [2.45, 2.75) is 45.6 Å². The van der Waals surface area contributed by atoms with Crippen LogP contribution in [0.25, 0.3) is 5.65 Å². The summed E-state index contributed by atoms with van der Waals surface area (Å²) in [6.07, 6.45) is 5.74. The van der Waals surface area contributed by atoms with Gasteiger partial charge in [-0.2, -0.15) is 10.4 Å². The smallest absolute Gasteiger partial charge is 0.255 e. The number of amides is 1. The number of benzene rings is 1. The van der Waals surface area contributed by atoms with E-state index in [1.165, 1.54) is 0 Å². The summed E-state index contributed by atoms with van der Waals surface area (Å²) in [7, 11) is 0. The predicted octanol–water partition coefficient (Wildman–Crippen LogP) is 4.72. The number of aromatic nitrogens is 3. The second-order valence-electron chi connectivity index (χ2n) is 9.17. The van der Waals surface area contributed by atoms with Gasteiger partial charge in [-0.05, 0) is 51.7 Å². The van der Waals surface area contributed by atoms with Crippen LogP contribution in [-0.4, -0.2) is 45.0 Å². The van der Waals surface area contributed by atoms with Gasteiger partial charge in [-0.25, -0.2) is 9.50 Å².